The first-order chi connectivity index (χ1) is 11.2. The molecular formula is C17H16ClN3O2S. The lowest BCUT2D eigenvalue weighted by Crippen LogP contribution is -2.44. The monoisotopic (exact) mass is 361 g/mol. The molecule has 2 aliphatic rings. The number of hydrogen-bond acceptors (Lipinski definition) is 6. The van der Waals surface area contributed by atoms with Crippen LogP contribution in [-0.4, -0.2) is 10.1 Å². The van der Waals surface area contributed by atoms with Gasteiger partial charge in [-0.05, 0) is 37.5 Å². The Labute approximate surface area is 149 Å². The number of benzene rings is 1. The van der Waals surface area contributed by atoms with Gasteiger partial charge in [-0.15, -0.1) is 23.7 Å². The van der Waals surface area contributed by atoms with Gasteiger partial charge in [0.15, 0.2) is 5.82 Å². The second-order valence-corrected chi connectivity index (χ2v) is 7.23. The molecule has 0 spiro atoms. The van der Waals surface area contributed by atoms with Crippen molar-refractivity contribution in [1.82, 2.24) is 10.1 Å². The third kappa shape index (κ3) is 2.25. The summed E-state index contributed by atoms with van der Waals surface area (Å²) in [4.78, 5) is 6.73. The SMILES string of the molecule is Cl.NC1(c2noc(-c3cc4c(s3)-c3ccccc3OC4)n2)CCC1. The van der Waals surface area contributed by atoms with Gasteiger partial charge in [0.05, 0.1) is 10.4 Å². The summed E-state index contributed by atoms with van der Waals surface area (Å²) < 4.78 is 11.3. The van der Waals surface area contributed by atoms with Crippen molar-refractivity contribution in [3.8, 4) is 27.0 Å². The van der Waals surface area contributed by atoms with Gasteiger partial charge in [0.2, 0.25) is 0 Å². The van der Waals surface area contributed by atoms with Crippen LogP contribution in [0.1, 0.15) is 30.7 Å². The molecule has 3 aromatic rings. The number of rotatable bonds is 2. The number of nitrogens with zero attached hydrogens (tertiary/aromatic N) is 2. The van der Waals surface area contributed by atoms with Crippen molar-refractivity contribution < 1.29 is 9.26 Å². The molecule has 3 heterocycles. The van der Waals surface area contributed by atoms with Crippen LogP contribution in [0.4, 0.5) is 0 Å². The lowest BCUT2D eigenvalue weighted by molar-refractivity contribution is 0.229. The molecule has 0 saturated heterocycles. The van der Waals surface area contributed by atoms with Gasteiger partial charge in [0, 0.05) is 16.0 Å². The van der Waals surface area contributed by atoms with E-state index < -0.39 is 5.54 Å². The molecule has 5 nitrogen and oxygen atoms in total. The number of para-hydroxylation sites is 1. The van der Waals surface area contributed by atoms with E-state index in [1.807, 2.05) is 18.2 Å². The van der Waals surface area contributed by atoms with Crippen LogP contribution < -0.4 is 10.5 Å². The normalized spacial score (nSPS) is 17.0. The Hall–Kier alpha value is -1.89. The third-order valence-electron chi connectivity index (χ3n) is 4.65. The van der Waals surface area contributed by atoms with Crippen LogP contribution in [0.25, 0.3) is 21.2 Å². The zero-order valence-electron chi connectivity index (χ0n) is 12.8. The van der Waals surface area contributed by atoms with Gasteiger partial charge >= 0.3 is 0 Å². The van der Waals surface area contributed by atoms with Gasteiger partial charge in [-0.2, -0.15) is 4.98 Å². The zero-order valence-corrected chi connectivity index (χ0v) is 14.5. The van der Waals surface area contributed by atoms with Gasteiger partial charge in [-0.25, -0.2) is 0 Å². The maximum absolute atomic E-state index is 6.27. The lowest BCUT2D eigenvalue weighted by atomic mass is 9.77. The van der Waals surface area contributed by atoms with E-state index in [1.165, 1.54) is 4.88 Å². The Morgan fingerprint density at radius 2 is 2.04 bits per heavy atom. The Bertz CT molecular complexity index is 901. The van der Waals surface area contributed by atoms with Crippen LogP contribution in [0.5, 0.6) is 5.75 Å². The Morgan fingerprint density at radius 3 is 2.83 bits per heavy atom. The number of nitrogens with two attached hydrogens (primary N) is 1. The average Bonchev–Trinajstić information content (AvgIpc) is 3.19. The smallest absolute Gasteiger partial charge is 0.268 e. The third-order valence-corrected chi connectivity index (χ3v) is 5.85. The highest BCUT2D eigenvalue weighted by Crippen LogP contribution is 2.45. The first-order valence-electron chi connectivity index (χ1n) is 7.71. The lowest BCUT2D eigenvalue weighted by Gasteiger charge is -2.34. The molecule has 1 aromatic carbocycles. The standard InChI is InChI=1S/C17H15N3O2S.ClH/c18-17(6-3-7-17)16-19-15(22-20-16)13-8-10-9-21-12-5-2-1-4-11(12)14(10)23-13;/h1-2,4-5,8H,3,6-7,9,18H2;1H. The highest BCUT2D eigenvalue weighted by atomic mass is 35.5. The fourth-order valence-corrected chi connectivity index (χ4v) is 4.23. The average molecular weight is 362 g/mol. The van der Waals surface area contributed by atoms with E-state index in [-0.39, 0.29) is 12.4 Å². The number of fused-ring (bicyclic) bond motifs is 3. The minimum absolute atomic E-state index is 0. The quantitative estimate of drug-likeness (QED) is 0.743. The van der Waals surface area contributed by atoms with Gasteiger partial charge in [0.25, 0.3) is 5.89 Å². The summed E-state index contributed by atoms with van der Waals surface area (Å²) in [6.07, 6.45) is 2.98. The zero-order chi connectivity index (χ0) is 15.4. The molecule has 1 aliphatic heterocycles. The Balaban J connectivity index is 0.00000146. The first-order valence-corrected chi connectivity index (χ1v) is 8.53. The molecule has 124 valence electrons. The maximum Gasteiger partial charge on any atom is 0.268 e. The van der Waals surface area contributed by atoms with Crippen LogP contribution in [0, 0.1) is 0 Å². The van der Waals surface area contributed by atoms with Crippen molar-refractivity contribution in [3.63, 3.8) is 0 Å². The van der Waals surface area contributed by atoms with Crippen LogP contribution >= 0.6 is 23.7 Å². The van der Waals surface area contributed by atoms with E-state index in [0.717, 1.165) is 41.0 Å². The largest absolute Gasteiger partial charge is 0.488 e. The topological polar surface area (TPSA) is 74.2 Å². The molecule has 0 atom stereocenters. The van der Waals surface area contributed by atoms with Crippen LogP contribution in [0.15, 0.2) is 34.9 Å². The molecule has 0 bridgehead atoms. The summed E-state index contributed by atoms with van der Waals surface area (Å²) in [5.41, 5.74) is 8.17. The van der Waals surface area contributed by atoms with Crippen LogP contribution in [-0.2, 0) is 12.1 Å². The van der Waals surface area contributed by atoms with E-state index in [1.54, 1.807) is 11.3 Å². The molecule has 7 heteroatoms. The van der Waals surface area contributed by atoms with E-state index in [0.29, 0.717) is 18.3 Å². The molecule has 5 rings (SSSR count). The summed E-state index contributed by atoms with van der Waals surface area (Å²) in [5, 5.41) is 4.10. The molecule has 2 aromatic heterocycles. The molecule has 0 amide bonds. The molecular weight excluding hydrogens is 346 g/mol. The van der Waals surface area contributed by atoms with Crippen LogP contribution in [0.3, 0.4) is 0 Å². The van der Waals surface area contributed by atoms with Gasteiger partial charge in [-0.1, -0.05) is 17.3 Å². The van der Waals surface area contributed by atoms with Crippen molar-refractivity contribution in [2.45, 2.75) is 31.4 Å². The Morgan fingerprint density at radius 1 is 1.21 bits per heavy atom. The van der Waals surface area contributed by atoms with Crippen molar-refractivity contribution in [3.05, 3.63) is 41.7 Å². The second-order valence-electron chi connectivity index (χ2n) is 6.18. The molecule has 2 N–H and O–H groups in total. The van der Waals surface area contributed by atoms with Crippen molar-refractivity contribution in [1.29, 1.82) is 0 Å². The fourth-order valence-electron chi connectivity index (χ4n) is 3.11. The molecule has 1 aliphatic carbocycles. The van der Waals surface area contributed by atoms with E-state index >= 15 is 0 Å². The number of hydrogen-bond donors (Lipinski definition) is 1. The van der Waals surface area contributed by atoms with E-state index in [2.05, 4.69) is 22.3 Å². The molecule has 0 radical (unpaired) electrons. The summed E-state index contributed by atoms with van der Waals surface area (Å²) in [7, 11) is 0. The van der Waals surface area contributed by atoms with Crippen molar-refractivity contribution in [2.24, 2.45) is 5.73 Å². The minimum Gasteiger partial charge on any atom is -0.488 e. The van der Waals surface area contributed by atoms with Gasteiger partial charge in [-0.3, -0.25) is 0 Å². The first kappa shape index (κ1) is 15.6. The van der Waals surface area contributed by atoms with E-state index in [4.69, 9.17) is 15.0 Å². The number of halogens is 1. The highest BCUT2D eigenvalue weighted by molar-refractivity contribution is 7.19. The predicted octanol–water partition coefficient (Wildman–Crippen LogP) is 4.12. The highest BCUT2D eigenvalue weighted by Gasteiger charge is 2.39. The number of aromatic nitrogens is 2. The Kier molecular flexibility index (Phi) is 3.63. The van der Waals surface area contributed by atoms with Gasteiger partial charge in [0.1, 0.15) is 12.4 Å². The number of thiophene rings is 1. The predicted molar refractivity (Wildman–Crippen MR) is 94.3 cm³/mol. The van der Waals surface area contributed by atoms with E-state index in [9.17, 15) is 0 Å². The molecule has 0 unspecified atom stereocenters. The molecule has 1 saturated carbocycles. The summed E-state index contributed by atoms with van der Waals surface area (Å²) >= 11 is 1.66. The van der Waals surface area contributed by atoms with Gasteiger partial charge < -0.3 is 15.0 Å². The second kappa shape index (κ2) is 5.58. The van der Waals surface area contributed by atoms with Crippen molar-refractivity contribution in [2.75, 3.05) is 0 Å². The summed E-state index contributed by atoms with van der Waals surface area (Å²) in [6.45, 7) is 0.574. The fraction of sp³-hybridized carbons (Fsp3) is 0.294. The maximum atomic E-state index is 6.27. The van der Waals surface area contributed by atoms with Crippen molar-refractivity contribution >= 4 is 23.7 Å². The van der Waals surface area contributed by atoms with Crippen LogP contribution in [0.2, 0.25) is 0 Å². The summed E-state index contributed by atoms with van der Waals surface area (Å²) in [6, 6.07) is 10.2. The minimum atomic E-state index is -0.395. The number of ether oxygens (including phenoxy) is 1. The molecule has 24 heavy (non-hydrogen) atoms. The summed E-state index contributed by atoms with van der Waals surface area (Å²) in [5.74, 6) is 2.10. The molecule has 1 fully saturated rings.